The molecular weight excluding hydrogens is 382 g/mol. The van der Waals surface area contributed by atoms with E-state index < -0.39 is 43.8 Å². The Balaban J connectivity index is 2.46. The van der Waals surface area contributed by atoms with E-state index in [1.54, 1.807) is 0 Å². The van der Waals surface area contributed by atoms with Crippen LogP contribution in [0.3, 0.4) is 0 Å². The van der Waals surface area contributed by atoms with Crippen molar-refractivity contribution in [2.75, 3.05) is 0 Å². The van der Waals surface area contributed by atoms with E-state index in [0.29, 0.717) is 18.2 Å². The minimum atomic E-state index is -5.01. The van der Waals surface area contributed by atoms with Gasteiger partial charge in [0.15, 0.2) is 0 Å². The molecule has 136 valence electrons. The van der Waals surface area contributed by atoms with Gasteiger partial charge in [0.05, 0.1) is 16.7 Å². The van der Waals surface area contributed by atoms with Crippen LogP contribution < -0.4 is 10.6 Å². The number of rotatable bonds is 2. The summed E-state index contributed by atoms with van der Waals surface area (Å²) in [7, 11) is -0.797. The third-order valence-electron chi connectivity index (χ3n) is 3.07. The normalized spacial score (nSPS) is 13.6. The zero-order chi connectivity index (χ0) is 19.0. The lowest BCUT2D eigenvalue weighted by molar-refractivity contribution is -0.143. The van der Waals surface area contributed by atoms with E-state index in [2.05, 4.69) is 0 Å². The molecule has 0 radical (unpaired) electrons. The fourth-order valence-corrected chi connectivity index (χ4v) is 3.16. The minimum Gasteiger partial charge on any atom is -0.166 e. The Bertz CT molecular complexity index is 725. The first-order valence-corrected chi connectivity index (χ1v) is 7.50. The third-order valence-corrected chi connectivity index (χ3v) is 4.24. The van der Waals surface area contributed by atoms with Crippen LogP contribution >= 0.6 is 8.58 Å². The van der Waals surface area contributed by atoms with Crippen molar-refractivity contribution in [3.05, 3.63) is 59.2 Å². The Morgan fingerprint density at radius 1 is 0.520 bits per heavy atom. The first kappa shape index (κ1) is 19.6. The van der Waals surface area contributed by atoms with E-state index in [9.17, 15) is 39.5 Å². The predicted molar refractivity (Wildman–Crippen MR) is 75.5 cm³/mol. The van der Waals surface area contributed by atoms with Gasteiger partial charge in [0.2, 0.25) is 0 Å². The fourth-order valence-electron chi connectivity index (χ4n) is 1.97. The number of alkyl halides is 9. The molecule has 0 aliphatic heterocycles. The molecule has 0 aromatic heterocycles. The number of hydrogen-bond acceptors (Lipinski definition) is 0. The van der Waals surface area contributed by atoms with Gasteiger partial charge in [-0.05, 0) is 40.9 Å². The maximum atomic E-state index is 12.8. The van der Waals surface area contributed by atoms with Crippen molar-refractivity contribution in [1.82, 2.24) is 0 Å². The Morgan fingerprint density at radius 3 is 1.40 bits per heavy atom. The third kappa shape index (κ3) is 5.11. The average Bonchev–Trinajstić information content (AvgIpc) is 2.44. The molecule has 0 fully saturated rings. The highest BCUT2D eigenvalue weighted by Gasteiger charge is 2.37. The number of halogens is 9. The molecular formula is C15H8F9P. The van der Waals surface area contributed by atoms with Crippen LogP contribution in [-0.2, 0) is 18.5 Å². The second-order valence-corrected chi connectivity index (χ2v) is 6.40. The summed E-state index contributed by atoms with van der Waals surface area (Å²) in [4.78, 5) is 0. The molecule has 0 heterocycles. The molecule has 2 rings (SSSR count). The van der Waals surface area contributed by atoms with Crippen LogP contribution in [0, 0.1) is 0 Å². The number of hydrogen-bond donors (Lipinski definition) is 0. The molecule has 0 saturated heterocycles. The first-order valence-electron chi connectivity index (χ1n) is 6.50. The topological polar surface area (TPSA) is 0 Å². The van der Waals surface area contributed by atoms with Crippen molar-refractivity contribution in [1.29, 1.82) is 0 Å². The first-order chi connectivity index (χ1) is 11.3. The van der Waals surface area contributed by atoms with Gasteiger partial charge in [0, 0.05) is 0 Å². The second-order valence-electron chi connectivity index (χ2n) is 5.00. The minimum absolute atomic E-state index is 0.0257. The van der Waals surface area contributed by atoms with E-state index in [-0.39, 0.29) is 16.7 Å². The maximum Gasteiger partial charge on any atom is 0.416 e. The molecule has 0 amide bonds. The molecule has 0 aliphatic carbocycles. The molecule has 1 unspecified atom stereocenters. The van der Waals surface area contributed by atoms with Gasteiger partial charge >= 0.3 is 18.5 Å². The maximum absolute atomic E-state index is 12.8. The van der Waals surface area contributed by atoms with Crippen molar-refractivity contribution in [2.24, 2.45) is 0 Å². The van der Waals surface area contributed by atoms with E-state index in [4.69, 9.17) is 0 Å². The van der Waals surface area contributed by atoms with Crippen LogP contribution in [0.15, 0.2) is 42.5 Å². The van der Waals surface area contributed by atoms with Gasteiger partial charge in [0.1, 0.15) is 0 Å². The zero-order valence-electron chi connectivity index (χ0n) is 11.9. The zero-order valence-corrected chi connectivity index (χ0v) is 12.9. The van der Waals surface area contributed by atoms with Gasteiger partial charge in [-0.2, -0.15) is 39.5 Å². The Labute approximate surface area is 137 Å². The van der Waals surface area contributed by atoms with Gasteiger partial charge in [-0.25, -0.2) is 0 Å². The lowest BCUT2D eigenvalue weighted by atomic mass is 10.1. The van der Waals surface area contributed by atoms with Gasteiger partial charge in [-0.15, -0.1) is 0 Å². The molecule has 10 heteroatoms. The molecule has 25 heavy (non-hydrogen) atoms. The van der Waals surface area contributed by atoms with Crippen LogP contribution in [0.2, 0.25) is 0 Å². The summed E-state index contributed by atoms with van der Waals surface area (Å²) in [5, 5.41) is -0.385. The summed E-state index contributed by atoms with van der Waals surface area (Å²) >= 11 is 0. The quantitative estimate of drug-likeness (QED) is 0.478. The fraction of sp³-hybridized carbons (Fsp3) is 0.200. The van der Waals surface area contributed by atoms with Gasteiger partial charge in [-0.3, -0.25) is 0 Å². The highest BCUT2D eigenvalue weighted by molar-refractivity contribution is 7.55. The Hall–Kier alpha value is -1.76. The van der Waals surface area contributed by atoms with Crippen LogP contribution in [0.5, 0.6) is 0 Å². The van der Waals surface area contributed by atoms with Crippen LogP contribution in [0.4, 0.5) is 39.5 Å². The molecule has 0 spiro atoms. The SMILES string of the molecule is FC(F)(F)c1cccc(Pc2cc(C(F)(F)F)cc(C(F)(F)F)c2)c1. The molecule has 0 nitrogen and oxygen atoms in total. The van der Waals surface area contributed by atoms with Crippen molar-refractivity contribution in [3.63, 3.8) is 0 Å². The molecule has 0 bridgehead atoms. The summed E-state index contributed by atoms with van der Waals surface area (Å²) < 4.78 is 115. The van der Waals surface area contributed by atoms with E-state index >= 15 is 0 Å². The highest BCUT2D eigenvalue weighted by atomic mass is 31.1. The Morgan fingerprint density at radius 2 is 0.960 bits per heavy atom. The van der Waals surface area contributed by atoms with E-state index in [1.165, 1.54) is 6.07 Å². The van der Waals surface area contributed by atoms with Gasteiger partial charge < -0.3 is 0 Å². The highest BCUT2D eigenvalue weighted by Crippen LogP contribution is 2.36. The largest absolute Gasteiger partial charge is 0.416 e. The lowest BCUT2D eigenvalue weighted by Gasteiger charge is -2.15. The van der Waals surface area contributed by atoms with Crippen LogP contribution in [0.1, 0.15) is 16.7 Å². The molecule has 2 aromatic rings. The van der Waals surface area contributed by atoms with Crippen LogP contribution in [0.25, 0.3) is 0 Å². The van der Waals surface area contributed by atoms with Gasteiger partial charge in [-0.1, -0.05) is 20.7 Å². The van der Waals surface area contributed by atoms with E-state index in [0.717, 1.165) is 12.1 Å². The van der Waals surface area contributed by atoms with E-state index in [1.807, 2.05) is 0 Å². The summed E-state index contributed by atoms with van der Waals surface area (Å²) in [6.07, 6.45) is -14.7. The summed E-state index contributed by atoms with van der Waals surface area (Å²) in [6.45, 7) is 0. The Kier molecular flexibility index (Phi) is 5.10. The monoisotopic (exact) mass is 390 g/mol. The predicted octanol–water partition coefficient (Wildman–Crippen LogP) is 5.37. The summed E-state index contributed by atoms with van der Waals surface area (Å²) in [6, 6.07) is 4.71. The molecule has 1 atom stereocenters. The summed E-state index contributed by atoms with van der Waals surface area (Å²) in [5.41, 5.74) is -4.03. The van der Waals surface area contributed by atoms with Crippen molar-refractivity contribution in [2.45, 2.75) is 18.5 Å². The number of benzene rings is 2. The standard InChI is InChI=1S/C15H8F9P/c16-13(17,18)8-2-1-3-11(5-8)25-12-6-9(14(19,20)21)4-10(7-12)15(22,23)24/h1-7,25H. The smallest absolute Gasteiger partial charge is 0.166 e. The van der Waals surface area contributed by atoms with Crippen molar-refractivity contribution >= 4 is 19.2 Å². The molecule has 0 aliphatic rings. The second kappa shape index (κ2) is 6.52. The van der Waals surface area contributed by atoms with Crippen molar-refractivity contribution in [3.8, 4) is 0 Å². The van der Waals surface area contributed by atoms with Gasteiger partial charge in [0.25, 0.3) is 0 Å². The molecule has 2 aromatic carbocycles. The average molecular weight is 390 g/mol. The molecule has 0 saturated carbocycles. The van der Waals surface area contributed by atoms with Crippen molar-refractivity contribution < 1.29 is 39.5 Å². The molecule has 0 N–H and O–H groups in total. The lowest BCUT2D eigenvalue weighted by Crippen LogP contribution is -2.16. The summed E-state index contributed by atoms with van der Waals surface area (Å²) in [5.74, 6) is 0. The van der Waals surface area contributed by atoms with Crippen LogP contribution in [-0.4, -0.2) is 0 Å².